The van der Waals surface area contributed by atoms with E-state index in [0.29, 0.717) is 82.8 Å². The van der Waals surface area contributed by atoms with E-state index in [1.54, 1.807) is 20.3 Å². The first-order chi connectivity index (χ1) is 16.2. The van der Waals surface area contributed by atoms with Crippen molar-refractivity contribution < 1.29 is 23.7 Å². The van der Waals surface area contributed by atoms with Crippen molar-refractivity contribution in [3.05, 3.63) is 41.6 Å². The predicted molar refractivity (Wildman–Crippen MR) is 131 cm³/mol. The van der Waals surface area contributed by atoms with Gasteiger partial charge in [-0.05, 0) is 25.1 Å². The molecule has 0 saturated heterocycles. The highest BCUT2D eigenvalue weighted by atomic mass is 35.5. The van der Waals surface area contributed by atoms with Gasteiger partial charge >= 0.3 is 0 Å². The lowest BCUT2D eigenvalue weighted by Crippen LogP contribution is -2.17. The smallest absolute Gasteiger partial charge is 0.186 e. The Balaban J connectivity index is 0.00000324. The second-order valence-corrected chi connectivity index (χ2v) is 6.99. The Bertz CT molecular complexity index is 1290. The van der Waals surface area contributed by atoms with Gasteiger partial charge in [0.1, 0.15) is 25.9 Å². The number of ether oxygens (including phenoxy) is 5. The van der Waals surface area contributed by atoms with Gasteiger partial charge in [-0.3, -0.25) is 4.98 Å². The summed E-state index contributed by atoms with van der Waals surface area (Å²) in [4.78, 5) is 4.43. The van der Waals surface area contributed by atoms with Crippen molar-refractivity contribution >= 4 is 34.7 Å². The fourth-order valence-electron chi connectivity index (χ4n) is 3.52. The van der Waals surface area contributed by atoms with Gasteiger partial charge in [-0.2, -0.15) is 5.26 Å². The maximum absolute atomic E-state index is 9.75. The summed E-state index contributed by atoms with van der Waals surface area (Å²) in [6.45, 7) is 3.54. The highest BCUT2D eigenvalue weighted by molar-refractivity contribution is 5.98. The Morgan fingerprint density at radius 2 is 1.88 bits per heavy atom. The highest BCUT2D eigenvalue weighted by Gasteiger charge is 2.22. The molecule has 0 amide bonds. The van der Waals surface area contributed by atoms with E-state index in [4.69, 9.17) is 23.7 Å². The molecule has 0 unspecified atom stereocenters. The molecular formula is C25H24ClN3O5. The van der Waals surface area contributed by atoms with Crippen LogP contribution in [0.15, 0.2) is 30.5 Å². The topological polar surface area (TPSA) is 94.9 Å². The minimum absolute atomic E-state index is 0. The number of fused-ring (bicyclic) bond motifs is 2. The predicted octanol–water partition coefficient (Wildman–Crippen LogP) is 4.45. The third-order valence-electron chi connectivity index (χ3n) is 4.96. The largest absolute Gasteiger partial charge is 0.493 e. The van der Waals surface area contributed by atoms with Crippen LogP contribution in [-0.4, -0.2) is 45.6 Å². The molecule has 0 aliphatic carbocycles. The van der Waals surface area contributed by atoms with Crippen LogP contribution in [-0.2, 0) is 4.74 Å². The average Bonchev–Trinajstić information content (AvgIpc) is 2.85. The first-order valence-electron chi connectivity index (χ1n) is 10.4. The van der Waals surface area contributed by atoms with Gasteiger partial charge in [0.15, 0.2) is 23.0 Å². The summed E-state index contributed by atoms with van der Waals surface area (Å²) in [5, 5.41) is 13.8. The van der Waals surface area contributed by atoms with Crippen molar-refractivity contribution in [2.45, 2.75) is 6.92 Å². The molecule has 8 nitrogen and oxygen atoms in total. The van der Waals surface area contributed by atoms with Crippen LogP contribution in [0, 0.1) is 23.2 Å². The molecule has 3 aromatic rings. The molecule has 1 aromatic heterocycles. The van der Waals surface area contributed by atoms with Gasteiger partial charge in [-0.1, -0.05) is 11.8 Å². The lowest BCUT2D eigenvalue weighted by Gasteiger charge is -2.23. The third-order valence-corrected chi connectivity index (χ3v) is 4.96. The summed E-state index contributed by atoms with van der Waals surface area (Å²) in [7, 11) is 3.16. The molecular weight excluding hydrogens is 458 g/mol. The number of hydrogen-bond acceptors (Lipinski definition) is 8. The Morgan fingerprint density at radius 3 is 2.59 bits per heavy atom. The molecule has 1 N–H and O–H groups in total. The van der Waals surface area contributed by atoms with Crippen molar-refractivity contribution in [2.75, 3.05) is 46.0 Å². The zero-order valence-corrected chi connectivity index (χ0v) is 19.9. The maximum Gasteiger partial charge on any atom is 0.186 e. The molecule has 0 fully saturated rings. The number of anilines is 2. The molecule has 1 aliphatic rings. The first-order valence-corrected chi connectivity index (χ1v) is 10.4. The van der Waals surface area contributed by atoms with Crippen molar-refractivity contribution in [3.8, 4) is 40.9 Å². The number of benzene rings is 2. The molecule has 1 aliphatic heterocycles. The number of nitrogens with zero attached hydrogens (tertiary/aromatic N) is 2. The molecule has 0 saturated carbocycles. The summed E-state index contributed by atoms with van der Waals surface area (Å²) in [5.41, 5.74) is 2.98. The van der Waals surface area contributed by atoms with Gasteiger partial charge in [-0.15, -0.1) is 12.4 Å². The monoisotopic (exact) mass is 481 g/mol. The van der Waals surface area contributed by atoms with Crippen LogP contribution in [0.1, 0.15) is 18.1 Å². The lowest BCUT2D eigenvalue weighted by molar-refractivity contribution is 0.172. The number of nitrogens with one attached hydrogen (secondary N) is 1. The van der Waals surface area contributed by atoms with E-state index in [1.807, 2.05) is 25.1 Å². The van der Waals surface area contributed by atoms with Crippen LogP contribution < -0.4 is 24.3 Å². The number of pyridine rings is 1. The molecule has 0 atom stereocenters. The van der Waals surface area contributed by atoms with Crippen LogP contribution in [0.5, 0.6) is 23.0 Å². The van der Waals surface area contributed by atoms with Gasteiger partial charge in [0.2, 0.25) is 0 Å². The van der Waals surface area contributed by atoms with Crippen LogP contribution in [0.2, 0.25) is 0 Å². The number of halogens is 1. The van der Waals surface area contributed by atoms with E-state index in [-0.39, 0.29) is 12.4 Å². The van der Waals surface area contributed by atoms with E-state index < -0.39 is 0 Å². The summed E-state index contributed by atoms with van der Waals surface area (Å²) < 4.78 is 28.0. The van der Waals surface area contributed by atoms with Crippen LogP contribution in [0.4, 0.5) is 11.4 Å². The summed E-state index contributed by atoms with van der Waals surface area (Å²) in [6.07, 6.45) is 1.53. The zero-order chi connectivity index (χ0) is 23.2. The highest BCUT2D eigenvalue weighted by Crippen LogP contribution is 2.43. The van der Waals surface area contributed by atoms with E-state index >= 15 is 0 Å². The molecule has 4 rings (SSSR count). The fourth-order valence-corrected chi connectivity index (χ4v) is 3.52. The first kappa shape index (κ1) is 24.8. The number of hydrogen-bond donors (Lipinski definition) is 1. The molecule has 34 heavy (non-hydrogen) atoms. The SMILES string of the molecule is CCOc1cc2ncc(C#N)c(Nc3ccc(C#CCOC)c4c3OCCO4)c2cc1OC.Cl. The molecule has 0 spiro atoms. The van der Waals surface area contributed by atoms with Gasteiger partial charge < -0.3 is 29.0 Å². The number of rotatable bonds is 6. The molecule has 176 valence electrons. The van der Waals surface area contributed by atoms with E-state index in [0.717, 1.165) is 0 Å². The minimum atomic E-state index is 0. The number of aromatic nitrogens is 1. The second kappa shape index (κ2) is 11.3. The average molecular weight is 482 g/mol. The number of methoxy groups -OCH3 is 2. The van der Waals surface area contributed by atoms with Crippen LogP contribution >= 0.6 is 12.4 Å². The fraction of sp³-hybridized carbons (Fsp3) is 0.280. The maximum atomic E-state index is 9.75. The van der Waals surface area contributed by atoms with Crippen molar-refractivity contribution in [1.82, 2.24) is 4.98 Å². The zero-order valence-electron chi connectivity index (χ0n) is 19.1. The minimum Gasteiger partial charge on any atom is -0.493 e. The number of nitriles is 1. The lowest BCUT2D eigenvalue weighted by atomic mass is 10.1. The Morgan fingerprint density at radius 1 is 1.09 bits per heavy atom. The third kappa shape index (κ3) is 4.89. The summed E-state index contributed by atoms with van der Waals surface area (Å²) >= 11 is 0. The molecule has 0 bridgehead atoms. The Kier molecular flexibility index (Phi) is 8.26. The van der Waals surface area contributed by atoms with Gasteiger partial charge in [0.05, 0.1) is 41.7 Å². The van der Waals surface area contributed by atoms with Gasteiger partial charge in [0.25, 0.3) is 0 Å². The van der Waals surface area contributed by atoms with Crippen LogP contribution in [0.25, 0.3) is 10.9 Å². The van der Waals surface area contributed by atoms with Gasteiger partial charge in [-0.25, -0.2) is 0 Å². The molecule has 2 aromatic carbocycles. The Labute approximate surface area is 204 Å². The second-order valence-electron chi connectivity index (χ2n) is 6.99. The van der Waals surface area contributed by atoms with Crippen molar-refractivity contribution in [2.24, 2.45) is 0 Å². The quantitative estimate of drug-likeness (QED) is 0.516. The van der Waals surface area contributed by atoms with E-state index in [9.17, 15) is 5.26 Å². The van der Waals surface area contributed by atoms with Gasteiger partial charge in [0, 0.05) is 24.8 Å². The summed E-state index contributed by atoms with van der Waals surface area (Å²) in [6, 6.07) is 9.51. The van der Waals surface area contributed by atoms with Crippen molar-refractivity contribution in [1.29, 1.82) is 5.26 Å². The van der Waals surface area contributed by atoms with E-state index in [1.165, 1.54) is 6.20 Å². The Hall–Kier alpha value is -3.85. The van der Waals surface area contributed by atoms with Crippen LogP contribution in [0.3, 0.4) is 0 Å². The van der Waals surface area contributed by atoms with Crippen molar-refractivity contribution in [3.63, 3.8) is 0 Å². The van der Waals surface area contributed by atoms with E-state index in [2.05, 4.69) is 28.2 Å². The molecule has 0 radical (unpaired) electrons. The normalized spacial score (nSPS) is 11.5. The standard InChI is InChI=1S/C25H23N3O5.ClH/c1-4-31-22-13-20-18(12-21(22)30-3)23(17(14-26)15-27-20)28-19-8-7-16(6-5-9-29-2)24-25(19)33-11-10-32-24;/h7-8,12-13,15H,4,9-11H2,1-3H3,(H,27,28);1H. The summed E-state index contributed by atoms with van der Waals surface area (Å²) in [5.74, 6) is 8.22. The molecule has 9 heteroatoms. The molecule has 2 heterocycles.